The van der Waals surface area contributed by atoms with E-state index in [0.717, 1.165) is 44.1 Å². The van der Waals surface area contributed by atoms with E-state index in [1.165, 1.54) is 6.42 Å². The summed E-state index contributed by atoms with van der Waals surface area (Å²) in [4.78, 5) is 16.7. The van der Waals surface area contributed by atoms with Crippen molar-refractivity contribution in [3.05, 3.63) is 29.3 Å². The standard InChI is InChI=1S/C18H28ClN3O/c1-14(2)8-11-21(3)17-9-12-22(13-10-17)18(23)20-16-6-4-15(19)5-7-16/h4-7,14,17H,8-13H2,1-3H3,(H,20,23). The molecule has 1 saturated heterocycles. The predicted molar refractivity (Wildman–Crippen MR) is 97.2 cm³/mol. The van der Waals surface area contributed by atoms with E-state index in [4.69, 9.17) is 11.6 Å². The fraction of sp³-hybridized carbons (Fsp3) is 0.611. The lowest BCUT2D eigenvalue weighted by atomic mass is 10.0. The number of nitrogens with zero attached hydrogens (tertiary/aromatic N) is 2. The van der Waals surface area contributed by atoms with Gasteiger partial charge in [-0.1, -0.05) is 25.4 Å². The quantitative estimate of drug-likeness (QED) is 0.868. The summed E-state index contributed by atoms with van der Waals surface area (Å²) < 4.78 is 0. The van der Waals surface area contributed by atoms with Gasteiger partial charge in [0.2, 0.25) is 0 Å². The van der Waals surface area contributed by atoms with Crippen LogP contribution in [-0.2, 0) is 0 Å². The molecule has 0 saturated carbocycles. The average Bonchev–Trinajstić information content (AvgIpc) is 2.55. The van der Waals surface area contributed by atoms with E-state index in [2.05, 4.69) is 31.1 Å². The Morgan fingerprint density at radius 3 is 2.48 bits per heavy atom. The van der Waals surface area contributed by atoms with Crippen LogP contribution in [0.25, 0.3) is 0 Å². The van der Waals surface area contributed by atoms with Crippen LogP contribution < -0.4 is 5.32 Å². The molecule has 1 fully saturated rings. The van der Waals surface area contributed by atoms with E-state index >= 15 is 0 Å². The molecule has 2 amide bonds. The molecule has 128 valence electrons. The molecule has 0 bridgehead atoms. The maximum absolute atomic E-state index is 12.3. The van der Waals surface area contributed by atoms with Crippen molar-refractivity contribution in [1.29, 1.82) is 0 Å². The summed E-state index contributed by atoms with van der Waals surface area (Å²) >= 11 is 5.86. The Hall–Kier alpha value is -1.26. The van der Waals surface area contributed by atoms with Crippen molar-refractivity contribution >= 4 is 23.3 Å². The number of carbonyl (C=O) groups is 1. The van der Waals surface area contributed by atoms with Gasteiger partial charge in [-0.05, 0) is 63.0 Å². The fourth-order valence-corrected chi connectivity index (χ4v) is 3.02. The third-order valence-corrected chi connectivity index (χ3v) is 4.78. The van der Waals surface area contributed by atoms with Gasteiger partial charge in [0.15, 0.2) is 0 Å². The Bertz CT molecular complexity index is 495. The molecule has 2 rings (SSSR count). The SMILES string of the molecule is CC(C)CCN(C)C1CCN(C(=O)Nc2ccc(Cl)cc2)CC1. The van der Waals surface area contributed by atoms with Crippen molar-refractivity contribution in [3.63, 3.8) is 0 Å². The highest BCUT2D eigenvalue weighted by molar-refractivity contribution is 6.30. The molecular weight excluding hydrogens is 310 g/mol. The predicted octanol–water partition coefficient (Wildman–Crippen LogP) is 4.31. The minimum atomic E-state index is -0.0180. The second-order valence-corrected chi connectivity index (χ2v) is 7.25. The number of rotatable bonds is 5. The first-order valence-electron chi connectivity index (χ1n) is 8.47. The lowest BCUT2D eigenvalue weighted by Crippen LogP contribution is -2.47. The van der Waals surface area contributed by atoms with E-state index in [0.29, 0.717) is 11.1 Å². The van der Waals surface area contributed by atoms with Crippen molar-refractivity contribution in [1.82, 2.24) is 9.80 Å². The van der Waals surface area contributed by atoms with Crippen LogP contribution in [0.5, 0.6) is 0 Å². The first kappa shape index (κ1) is 18.1. The molecule has 5 heteroatoms. The Labute approximate surface area is 144 Å². The van der Waals surface area contributed by atoms with Gasteiger partial charge < -0.3 is 15.1 Å². The number of urea groups is 1. The molecule has 1 aliphatic heterocycles. The van der Waals surface area contributed by atoms with Gasteiger partial charge in [0.05, 0.1) is 0 Å². The first-order valence-corrected chi connectivity index (χ1v) is 8.85. The summed E-state index contributed by atoms with van der Waals surface area (Å²) in [7, 11) is 2.20. The molecule has 0 unspecified atom stereocenters. The second kappa shape index (κ2) is 8.55. The molecule has 23 heavy (non-hydrogen) atoms. The van der Waals surface area contributed by atoms with Gasteiger partial charge in [-0.25, -0.2) is 4.79 Å². The molecule has 0 atom stereocenters. The average molecular weight is 338 g/mol. The van der Waals surface area contributed by atoms with Gasteiger partial charge in [0.1, 0.15) is 0 Å². The molecule has 1 N–H and O–H groups in total. The molecule has 0 spiro atoms. The van der Waals surface area contributed by atoms with Crippen LogP contribution >= 0.6 is 11.6 Å². The van der Waals surface area contributed by atoms with Crippen molar-refractivity contribution < 1.29 is 4.79 Å². The number of hydrogen-bond acceptors (Lipinski definition) is 2. The van der Waals surface area contributed by atoms with Crippen LogP contribution in [0.4, 0.5) is 10.5 Å². The normalized spacial score (nSPS) is 16.2. The van der Waals surface area contributed by atoms with E-state index in [1.54, 1.807) is 12.1 Å². The maximum atomic E-state index is 12.3. The van der Waals surface area contributed by atoms with Crippen LogP contribution in [0.15, 0.2) is 24.3 Å². The number of benzene rings is 1. The number of nitrogens with one attached hydrogen (secondary N) is 1. The van der Waals surface area contributed by atoms with Crippen molar-refractivity contribution in [3.8, 4) is 0 Å². The first-order chi connectivity index (χ1) is 11.0. The monoisotopic (exact) mass is 337 g/mol. The lowest BCUT2D eigenvalue weighted by molar-refractivity contribution is 0.137. The molecule has 1 aliphatic rings. The highest BCUT2D eigenvalue weighted by Gasteiger charge is 2.25. The van der Waals surface area contributed by atoms with E-state index in [9.17, 15) is 4.79 Å². The number of likely N-dealkylation sites (tertiary alicyclic amines) is 1. The van der Waals surface area contributed by atoms with Gasteiger partial charge in [-0.2, -0.15) is 0 Å². The second-order valence-electron chi connectivity index (χ2n) is 6.82. The van der Waals surface area contributed by atoms with E-state index in [-0.39, 0.29) is 6.03 Å². The summed E-state index contributed by atoms with van der Waals surface area (Å²) in [5.74, 6) is 0.739. The number of carbonyl (C=O) groups excluding carboxylic acids is 1. The zero-order valence-electron chi connectivity index (χ0n) is 14.4. The van der Waals surface area contributed by atoms with Crippen LogP contribution in [0.1, 0.15) is 33.1 Å². The molecule has 4 nitrogen and oxygen atoms in total. The molecule has 1 heterocycles. The number of amides is 2. The van der Waals surface area contributed by atoms with E-state index in [1.807, 2.05) is 17.0 Å². The molecule has 0 radical (unpaired) electrons. The summed E-state index contributed by atoms with van der Waals surface area (Å²) in [6.07, 6.45) is 3.32. The van der Waals surface area contributed by atoms with Gasteiger partial charge in [-0.15, -0.1) is 0 Å². The maximum Gasteiger partial charge on any atom is 0.321 e. The Morgan fingerprint density at radius 2 is 1.91 bits per heavy atom. The molecule has 0 aliphatic carbocycles. The van der Waals surface area contributed by atoms with Crippen LogP contribution in [0, 0.1) is 5.92 Å². The molecule has 1 aromatic carbocycles. The van der Waals surface area contributed by atoms with Gasteiger partial charge in [0.25, 0.3) is 0 Å². The van der Waals surface area contributed by atoms with Crippen LogP contribution in [0.3, 0.4) is 0 Å². The Kier molecular flexibility index (Phi) is 6.72. The number of hydrogen-bond donors (Lipinski definition) is 1. The zero-order valence-corrected chi connectivity index (χ0v) is 15.1. The van der Waals surface area contributed by atoms with Crippen molar-refractivity contribution in [2.45, 2.75) is 39.2 Å². The highest BCUT2D eigenvalue weighted by atomic mass is 35.5. The highest BCUT2D eigenvalue weighted by Crippen LogP contribution is 2.18. The summed E-state index contributed by atoms with van der Waals surface area (Å²) in [5, 5.41) is 3.61. The fourth-order valence-electron chi connectivity index (χ4n) is 2.89. The number of anilines is 1. The van der Waals surface area contributed by atoms with Crippen molar-refractivity contribution in [2.75, 3.05) is 32.0 Å². The summed E-state index contributed by atoms with van der Waals surface area (Å²) in [6, 6.07) is 7.79. The largest absolute Gasteiger partial charge is 0.324 e. The third-order valence-electron chi connectivity index (χ3n) is 4.53. The zero-order chi connectivity index (χ0) is 16.8. The summed E-state index contributed by atoms with van der Waals surface area (Å²) in [5.41, 5.74) is 0.788. The Morgan fingerprint density at radius 1 is 1.30 bits per heavy atom. The minimum absolute atomic E-state index is 0.0180. The number of piperidine rings is 1. The molecule has 0 aromatic heterocycles. The minimum Gasteiger partial charge on any atom is -0.324 e. The smallest absolute Gasteiger partial charge is 0.321 e. The van der Waals surface area contributed by atoms with Crippen molar-refractivity contribution in [2.24, 2.45) is 5.92 Å². The summed E-state index contributed by atoms with van der Waals surface area (Å²) in [6.45, 7) is 7.29. The topological polar surface area (TPSA) is 35.6 Å². The van der Waals surface area contributed by atoms with Gasteiger partial charge in [0, 0.05) is 29.8 Å². The van der Waals surface area contributed by atoms with Crippen LogP contribution in [0.2, 0.25) is 5.02 Å². The van der Waals surface area contributed by atoms with E-state index < -0.39 is 0 Å². The lowest BCUT2D eigenvalue weighted by Gasteiger charge is -2.37. The number of halogens is 1. The van der Waals surface area contributed by atoms with Gasteiger partial charge >= 0.3 is 6.03 Å². The third kappa shape index (κ3) is 5.70. The Balaban J connectivity index is 1.77. The molecule has 1 aromatic rings. The molecular formula is C18H28ClN3O. The van der Waals surface area contributed by atoms with Gasteiger partial charge in [-0.3, -0.25) is 0 Å². The van der Waals surface area contributed by atoms with Crippen LogP contribution in [-0.4, -0.2) is 48.6 Å².